The predicted octanol–water partition coefficient (Wildman–Crippen LogP) is 4.13. The van der Waals surface area contributed by atoms with Crippen molar-refractivity contribution in [2.75, 3.05) is 5.32 Å². The van der Waals surface area contributed by atoms with Gasteiger partial charge in [-0.25, -0.2) is 0 Å². The van der Waals surface area contributed by atoms with Gasteiger partial charge in [0.05, 0.1) is 0 Å². The summed E-state index contributed by atoms with van der Waals surface area (Å²) in [5, 5.41) is 3.37. The molecule has 0 aliphatic rings. The van der Waals surface area contributed by atoms with Crippen molar-refractivity contribution in [2.24, 2.45) is 0 Å². The van der Waals surface area contributed by atoms with Gasteiger partial charge in [-0.15, -0.1) is 17.0 Å². The van der Waals surface area contributed by atoms with Crippen molar-refractivity contribution < 1.29 is 0 Å². The normalized spacial score (nSPS) is 9.68. The summed E-state index contributed by atoms with van der Waals surface area (Å²) in [7, 11) is 0. The first-order valence-electron chi connectivity index (χ1n) is 5.75. The van der Waals surface area contributed by atoms with E-state index in [1.54, 1.807) is 0 Å². The molecule has 2 aromatic carbocycles. The summed E-state index contributed by atoms with van der Waals surface area (Å²) in [5.41, 5.74) is 3.36. The van der Waals surface area contributed by atoms with Crippen LogP contribution in [0.3, 0.4) is 0 Å². The van der Waals surface area contributed by atoms with E-state index < -0.39 is 0 Å². The van der Waals surface area contributed by atoms with Crippen molar-refractivity contribution in [3.8, 4) is 11.3 Å². The van der Waals surface area contributed by atoms with Gasteiger partial charge in [-0.05, 0) is 0 Å². The Balaban J connectivity index is 0.00000133. The van der Waals surface area contributed by atoms with E-state index >= 15 is 0 Å². The van der Waals surface area contributed by atoms with Crippen LogP contribution in [0.15, 0.2) is 65.6 Å². The second-order valence-corrected chi connectivity index (χ2v) is 5.70. The van der Waals surface area contributed by atoms with E-state index in [0.717, 1.165) is 16.1 Å². The molecular formula is C15H13BrN2Se. The quantitative estimate of drug-likeness (QED) is 0.692. The number of benzene rings is 2. The van der Waals surface area contributed by atoms with Crippen LogP contribution in [0.5, 0.6) is 0 Å². The number of hydrogen-bond acceptors (Lipinski definition) is 2. The van der Waals surface area contributed by atoms with Gasteiger partial charge >= 0.3 is 112 Å². The van der Waals surface area contributed by atoms with Gasteiger partial charge in [-0.3, -0.25) is 0 Å². The number of rotatable bonds is 3. The topological polar surface area (TPSA) is 24.9 Å². The summed E-state index contributed by atoms with van der Waals surface area (Å²) in [6, 6.07) is 20.5. The Kier molecular flexibility index (Phi) is 4.97. The molecule has 19 heavy (non-hydrogen) atoms. The molecule has 1 N–H and O–H groups in total. The molecule has 96 valence electrons. The summed E-state index contributed by atoms with van der Waals surface area (Å²) in [6.07, 6.45) is 0. The number of halogens is 1. The molecule has 1 aromatic heterocycles. The Morgan fingerprint density at radius 2 is 1.47 bits per heavy atom. The first-order valence-corrected chi connectivity index (χ1v) is 7.59. The van der Waals surface area contributed by atoms with Gasteiger partial charge in [0, 0.05) is 0 Å². The molecule has 0 fully saturated rings. The Labute approximate surface area is 129 Å². The van der Waals surface area contributed by atoms with E-state index in [2.05, 4.69) is 39.5 Å². The Morgan fingerprint density at radius 1 is 0.842 bits per heavy atom. The minimum atomic E-state index is 0. The maximum atomic E-state index is 4.65. The first-order chi connectivity index (χ1) is 8.92. The van der Waals surface area contributed by atoms with E-state index in [1.807, 2.05) is 36.4 Å². The molecule has 0 saturated carbocycles. The van der Waals surface area contributed by atoms with Crippen LogP contribution in [0.1, 0.15) is 0 Å². The average Bonchev–Trinajstić information content (AvgIpc) is 2.89. The molecule has 0 saturated heterocycles. The van der Waals surface area contributed by atoms with E-state index in [1.165, 1.54) is 5.56 Å². The molecule has 2 nitrogen and oxygen atoms in total. The zero-order valence-corrected chi connectivity index (χ0v) is 13.5. The number of para-hydroxylation sites is 1. The summed E-state index contributed by atoms with van der Waals surface area (Å²) < 4.78 is 1.06. The molecule has 0 radical (unpaired) electrons. The van der Waals surface area contributed by atoms with Gasteiger partial charge in [0.1, 0.15) is 0 Å². The van der Waals surface area contributed by atoms with Crippen LogP contribution in [-0.4, -0.2) is 19.5 Å². The van der Waals surface area contributed by atoms with Gasteiger partial charge in [-0.1, -0.05) is 0 Å². The van der Waals surface area contributed by atoms with E-state index in [9.17, 15) is 0 Å². The third kappa shape index (κ3) is 3.57. The average molecular weight is 380 g/mol. The molecule has 0 amide bonds. The maximum absolute atomic E-state index is 4.65. The number of aromatic nitrogens is 1. The van der Waals surface area contributed by atoms with E-state index in [-0.39, 0.29) is 17.0 Å². The van der Waals surface area contributed by atoms with E-state index in [0.29, 0.717) is 14.5 Å². The van der Waals surface area contributed by atoms with Crippen molar-refractivity contribution in [2.45, 2.75) is 0 Å². The molecule has 0 aliphatic carbocycles. The van der Waals surface area contributed by atoms with Crippen molar-refractivity contribution in [3.05, 3.63) is 65.6 Å². The van der Waals surface area contributed by atoms with Crippen molar-refractivity contribution in [3.63, 3.8) is 0 Å². The third-order valence-electron chi connectivity index (χ3n) is 2.60. The van der Waals surface area contributed by atoms with Gasteiger partial charge < -0.3 is 0 Å². The zero-order valence-electron chi connectivity index (χ0n) is 10.1. The fraction of sp³-hybridized carbons (Fsp3) is 0. The van der Waals surface area contributed by atoms with Crippen LogP contribution in [0.25, 0.3) is 11.3 Å². The Bertz CT molecular complexity index is 623. The molecule has 0 spiro atoms. The summed E-state index contributed by atoms with van der Waals surface area (Å²) in [5.74, 6) is 0. The van der Waals surface area contributed by atoms with Crippen LogP contribution in [0, 0.1) is 0 Å². The molecule has 3 rings (SSSR count). The van der Waals surface area contributed by atoms with Gasteiger partial charge in [0.25, 0.3) is 0 Å². The molecule has 3 aromatic rings. The zero-order chi connectivity index (χ0) is 12.2. The molecule has 0 atom stereocenters. The molecule has 0 unspecified atom stereocenters. The number of hydrogen-bond donors (Lipinski definition) is 1. The third-order valence-corrected chi connectivity index (χ3v) is 4.19. The second-order valence-electron chi connectivity index (χ2n) is 3.89. The Hall–Kier alpha value is -1.35. The van der Waals surface area contributed by atoms with Crippen LogP contribution < -0.4 is 5.32 Å². The molecule has 0 aliphatic heterocycles. The fourth-order valence-electron chi connectivity index (χ4n) is 1.72. The summed E-state index contributed by atoms with van der Waals surface area (Å²) in [6.45, 7) is 0. The molecular weight excluding hydrogens is 367 g/mol. The predicted molar refractivity (Wildman–Crippen MR) is 86.7 cm³/mol. The van der Waals surface area contributed by atoms with Crippen LogP contribution in [0.2, 0.25) is 0 Å². The first kappa shape index (κ1) is 14.1. The van der Waals surface area contributed by atoms with Gasteiger partial charge in [0.15, 0.2) is 0 Å². The summed E-state index contributed by atoms with van der Waals surface area (Å²) >= 11 is 0.293. The van der Waals surface area contributed by atoms with Crippen LogP contribution >= 0.6 is 17.0 Å². The minimum absolute atomic E-state index is 0. The standard InChI is InChI=1S/C15H12N2Se.BrH/c1-3-7-12(8-4-1)14-11-18-15(17-14)16-13-9-5-2-6-10-13;/h1-11H,(H,16,17);1H. The monoisotopic (exact) mass is 380 g/mol. The molecule has 4 heteroatoms. The van der Waals surface area contributed by atoms with Crippen molar-refractivity contribution >= 4 is 41.9 Å². The number of nitrogens with one attached hydrogen (secondary N) is 1. The fourth-order valence-corrected chi connectivity index (χ4v) is 3.27. The SMILES string of the molecule is Br.c1ccc(Nc2nc(-c3ccccc3)c[se]2)cc1. The van der Waals surface area contributed by atoms with Gasteiger partial charge in [-0.2, -0.15) is 0 Å². The number of nitrogens with zero attached hydrogens (tertiary/aromatic N) is 1. The van der Waals surface area contributed by atoms with Crippen LogP contribution in [-0.2, 0) is 0 Å². The molecule has 1 heterocycles. The van der Waals surface area contributed by atoms with Gasteiger partial charge in [0.2, 0.25) is 0 Å². The van der Waals surface area contributed by atoms with E-state index in [4.69, 9.17) is 0 Å². The molecule has 0 bridgehead atoms. The second kappa shape index (κ2) is 6.71. The Morgan fingerprint density at radius 3 is 2.16 bits per heavy atom. The van der Waals surface area contributed by atoms with Crippen molar-refractivity contribution in [1.82, 2.24) is 4.98 Å². The van der Waals surface area contributed by atoms with Crippen molar-refractivity contribution in [1.29, 1.82) is 0 Å². The summed E-state index contributed by atoms with van der Waals surface area (Å²) in [4.78, 5) is 6.86. The number of anilines is 2. The van der Waals surface area contributed by atoms with Crippen LogP contribution in [0.4, 0.5) is 10.4 Å².